The predicted octanol–water partition coefficient (Wildman–Crippen LogP) is 2.96. The van der Waals surface area contributed by atoms with Crippen LogP contribution in [0, 0.1) is 0 Å². The van der Waals surface area contributed by atoms with Gasteiger partial charge in [-0.3, -0.25) is 0 Å². The molecule has 5 heteroatoms. The zero-order valence-electron chi connectivity index (χ0n) is 10.6. The Hall–Kier alpha value is -1.07. The van der Waals surface area contributed by atoms with Crippen molar-refractivity contribution in [2.24, 2.45) is 5.73 Å². The van der Waals surface area contributed by atoms with E-state index in [-0.39, 0.29) is 18.6 Å². The number of benzene rings is 1. The summed E-state index contributed by atoms with van der Waals surface area (Å²) in [6.45, 7) is 1.80. The van der Waals surface area contributed by atoms with Crippen molar-refractivity contribution in [2.75, 3.05) is 13.6 Å². The highest BCUT2D eigenvalue weighted by Gasteiger charge is 2.29. The minimum Gasteiger partial charge on any atom is -0.323 e. The van der Waals surface area contributed by atoms with Gasteiger partial charge in [-0.2, -0.15) is 13.2 Å². The van der Waals surface area contributed by atoms with E-state index in [9.17, 15) is 13.2 Å². The number of nitrogens with two attached hydrogens (primary N) is 1. The van der Waals surface area contributed by atoms with Crippen LogP contribution in [0.3, 0.4) is 0 Å². The molecule has 0 aliphatic carbocycles. The fourth-order valence-corrected chi connectivity index (χ4v) is 1.73. The summed E-state index contributed by atoms with van der Waals surface area (Å²) in [6.07, 6.45) is -4.93. The molecule has 2 atom stereocenters. The van der Waals surface area contributed by atoms with Crippen LogP contribution < -0.4 is 5.73 Å². The highest BCUT2D eigenvalue weighted by molar-refractivity contribution is 5.19. The van der Waals surface area contributed by atoms with Gasteiger partial charge < -0.3 is 10.6 Å². The van der Waals surface area contributed by atoms with Gasteiger partial charge in [-0.15, -0.1) is 0 Å². The number of hydrogen-bond donors (Lipinski definition) is 1. The van der Waals surface area contributed by atoms with Gasteiger partial charge in [-0.05, 0) is 19.5 Å². The van der Waals surface area contributed by atoms with E-state index >= 15 is 0 Å². The van der Waals surface area contributed by atoms with Gasteiger partial charge in [0.1, 0.15) is 0 Å². The van der Waals surface area contributed by atoms with Crippen LogP contribution in [0.1, 0.15) is 24.9 Å². The lowest BCUT2D eigenvalue weighted by molar-refractivity contribution is -0.138. The molecule has 0 saturated carbocycles. The van der Waals surface area contributed by atoms with E-state index in [0.29, 0.717) is 0 Å². The van der Waals surface area contributed by atoms with Crippen LogP contribution in [-0.4, -0.2) is 30.7 Å². The molecule has 0 spiro atoms. The van der Waals surface area contributed by atoms with Gasteiger partial charge >= 0.3 is 6.18 Å². The molecule has 0 heterocycles. The summed E-state index contributed by atoms with van der Waals surface area (Å²) in [5, 5.41) is 0. The normalized spacial score (nSPS) is 15.7. The molecule has 0 aromatic heterocycles. The fraction of sp³-hybridized carbons (Fsp3) is 0.538. The highest BCUT2D eigenvalue weighted by atomic mass is 19.4. The van der Waals surface area contributed by atoms with Crippen LogP contribution in [0.15, 0.2) is 30.3 Å². The Morgan fingerprint density at radius 2 is 1.78 bits per heavy atom. The third-order valence-electron chi connectivity index (χ3n) is 3.15. The second-order valence-electron chi connectivity index (χ2n) is 4.52. The monoisotopic (exact) mass is 260 g/mol. The quantitative estimate of drug-likeness (QED) is 0.882. The molecule has 0 fully saturated rings. The average molecular weight is 260 g/mol. The molecule has 1 aromatic rings. The van der Waals surface area contributed by atoms with Crippen molar-refractivity contribution in [1.29, 1.82) is 0 Å². The molecule has 0 amide bonds. The number of rotatable bonds is 5. The maximum atomic E-state index is 12.1. The van der Waals surface area contributed by atoms with E-state index in [1.54, 1.807) is 11.9 Å². The van der Waals surface area contributed by atoms with Gasteiger partial charge in [0.25, 0.3) is 0 Å². The van der Waals surface area contributed by atoms with E-state index in [4.69, 9.17) is 5.73 Å². The lowest BCUT2D eigenvalue weighted by Gasteiger charge is -2.30. The largest absolute Gasteiger partial charge is 0.390 e. The highest BCUT2D eigenvalue weighted by Crippen LogP contribution is 2.22. The minimum absolute atomic E-state index is 0.0365. The van der Waals surface area contributed by atoms with E-state index in [2.05, 4.69) is 0 Å². The molecule has 0 aliphatic heterocycles. The smallest absolute Gasteiger partial charge is 0.323 e. The molecule has 2 unspecified atom stereocenters. The Kier molecular flexibility index (Phi) is 5.16. The molecular weight excluding hydrogens is 241 g/mol. The first-order valence-electron chi connectivity index (χ1n) is 5.89. The number of halogens is 3. The van der Waals surface area contributed by atoms with Crippen molar-refractivity contribution < 1.29 is 13.2 Å². The maximum absolute atomic E-state index is 12.1. The molecule has 2 N–H and O–H groups in total. The lowest BCUT2D eigenvalue weighted by Crippen LogP contribution is -2.39. The van der Waals surface area contributed by atoms with Crippen molar-refractivity contribution in [3.63, 3.8) is 0 Å². The van der Waals surface area contributed by atoms with Crippen LogP contribution in [0.2, 0.25) is 0 Å². The third-order valence-corrected chi connectivity index (χ3v) is 3.15. The van der Waals surface area contributed by atoms with Crippen LogP contribution in [-0.2, 0) is 0 Å². The molecule has 0 bridgehead atoms. The first-order valence-corrected chi connectivity index (χ1v) is 5.89. The molecule has 1 aromatic carbocycles. The molecule has 0 aliphatic rings. The van der Waals surface area contributed by atoms with E-state index in [1.165, 1.54) is 0 Å². The Morgan fingerprint density at radius 3 is 2.28 bits per heavy atom. The van der Waals surface area contributed by atoms with Crippen molar-refractivity contribution >= 4 is 0 Å². The average Bonchev–Trinajstić information content (AvgIpc) is 2.34. The second kappa shape index (κ2) is 6.20. The summed E-state index contributed by atoms with van der Waals surface area (Å²) in [7, 11) is 1.67. The molecule has 18 heavy (non-hydrogen) atoms. The first kappa shape index (κ1) is 15.0. The van der Waals surface area contributed by atoms with Crippen molar-refractivity contribution in [2.45, 2.75) is 31.6 Å². The number of alkyl halides is 3. The van der Waals surface area contributed by atoms with E-state index < -0.39 is 12.6 Å². The van der Waals surface area contributed by atoms with E-state index in [0.717, 1.165) is 5.56 Å². The molecular formula is C13H19F3N2. The summed E-state index contributed by atoms with van der Waals surface area (Å²) in [5.74, 6) is 0. The van der Waals surface area contributed by atoms with Gasteiger partial charge in [0, 0.05) is 18.6 Å². The summed E-state index contributed by atoms with van der Waals surface area (Å²) in [6, 6.07) is 8.97. The summed E-state index contributed by atoms with van der Waals surface area (Å²) < 4.78 is 36.4. The predicted molar refractivity (Wildman–Crippen MR) is 66.1 cm³/mol. The molecule has 102 valence electrons. The Bertz CT molecular complexity index is 351. The molecule has 0 radical (unpaired) electrons. The molecule has 0 saturated heterocycles. The van der Waals surface area contributed by atoms with Crippen molar-refractivity contribution in [3.05, 3.63) is 35.9 Å². The Morgan fingerprint density at radius 1 is 1.22 bits per heavy atom. The van der Waals surface area contributed by atoms with Crippen molar-refractivity contribution in [3.8, 4) is 0 Å². The number of hydrogen-bond acceptors (Lipinski definition) is 2. The zero-order chi connectivity index (χ0) is 13.8. The standard InChI is InChI=1S/C13H19F3N2/c1-10(18(2)9-8-13(14,15)16)12(17)11-6-4-3-5-7-11/h3-7,10,12H,8-9,17H2,1-2H3. The summed E-state index contributed by atoms with van der Waals surface area (Å²) in [5.41, 5.74) is 6.99. The topological polar surface area (TPSA) is 29.3 Å². The number of nitrogens with zero attached hydrogens (tertiary/aromatic N) is 1. The van der Waals surface area contributed by atoms with Crippen molar-refractivity contribution in [1.82, 2.24) is 4.90 Å². The van der Waals surface area contributed by atoms with Gasteiger partial charge in [-0.1, -0.05) is 30.3 Å². The molecule has 2 nitrogen and oxygen atoms in total. The number of likely N-dealkylation sites (N-methyl/N-ethyl adjacent to an activating group) is 1. The zero-order valence-corrected chi connectivity index (χ0v) is 10.6. The summed E-state index contributed by atoms with van der Waals surface area (Å²) in [4.78, 5) is 1.64. The lowest BCUT2D eigenvalue weighted by atomic mass is 10.0. The second-order valence-corrected chi connectivity index (χ2v) is 4.52. The Balaban J connectivity index is 2.56. The van der Waals surface area contributed by atoms with Crippen LogP contribution >= 0.6 is 0 Å². The van der Waals surface area contributed by atoms with Gasteiger partial charge in [0.15, 0.2) is 0 Å². The third kappa shape index (κ3) is 4.66. The van der Waals surface area contributed by atoms with E-state index in [1.807, 2.05) is 37.3 Å². The van der Waals surface area contributed by atoms with Crippen LogP contribution in [0.25, 0.3) is 0 Å². The SMILES string of the molecule is CC(C(N)c1ccccc1)N(C)CCC(F)(F)F. The Labute approximate surface area is 106 Å². The van der Waals surface area contributed by atoms with Gasteiger partial charge in [0.2, 0.25) is 0 Å². The molecule has 1 rings (SSSR count). The minimum atomic E-state index is -4.12. The van der Waals surface area contributed by atoms with Crippen LogP contribution in [0.5, 0.6) is 0 Å². The van der Waals surface area contributed by atoms with Crippen LogP contribution in [0.4, 0.5) is 13.2 Å². The summed E-state index contributed by atoms with van der Waals surface area (Å²) >= 11 is 0. The maximum Gasteiger partial charge on any atom is 0.390 e. The fourth-order valence-electron chi connectivity index (χ4n) is 1.73. The first-order chi connectivity index (χ1) is 8.31. The van der Waals surface area contributed by atoms with Gasteiger partial charge in [0.05, 0.1) is 6.42 Å². The van der Waals surface area contributed by atoms with Gasteiger partial charge in [-0.25, -0.2) is 0 Å².